The van der Waals surface area contributed by atoms with Crippen molar-refractivity contribution in [3.8, 4) is 28.7 Å². The van der Waals surface area contributed by atoms with Gasteiger partial charge in [0.2, 0.25) is 5.95 Å². The number of benzene rings is 1. The molecule has 1 aromatic carbocycles. The maximum Gasteiger partial charge on any atom is 0.239 e. The van der Waals surface area contributed by atoms with Crippen LogP contribution in [0.5, 0.6) is 11.5 Å². The number of rotatable bonds is 5. The molecule has 0 saturated carbocycles. The number of aryl methyl sites for hydroxylation is 1. The first-order chi connectivity index (χ1) is 11.7. The van der Waals surface area contributed by atoms with E-state index in [-0.39, 0.29) is 0 Å². The minimum Gasteiger partial charge on any atom is -0.494 e. The van der Waals surface area contributed by atoms with E-state index in [9.17, 15) is 0 Å². The Labute approximate surface area is 145 Å². The summed E-state index contributed by atoms with van der Waals surface area (Å²) in [6.07, 6.45) is 0. The molecule has 7 nitrogen and oxygen atoms in total. The van der Waals surface area contributed by atoms with Gasteiger partial charge in [-0.25, -0.2) is 4.98 Å². The number of para-hydroxylation sites is 1. The van der Waals surface area contributed by atoms with Gasteiger partial charge in [-0.3, -0.25) is 4.57 Å². The molecule has 0 saturated heterocycles. The van der Waals surface area contributed by atoms with Gasteiger partial charge in [-0.15, -0.1) is 10.2 Å². The van der Waals surface area contributed by atoms with Crippen LogP contribution in [0.3, 0.4) is 0 Å². The van der Waals surface area contributed by atoms with Crippen molar-refractivity contribution in [3.05, 3.63) is 42.1 Å². The predicted molar refractivity (Wildman–Crippen MR) is 95.0 cm³/mol. The van der Waals surface area contributed by atoms with Crippen LogP contribution in [0.4, 0.5) is 5.95 Å². The van der Waals surface area contributed by atoms with E-state index in [2.05, 4.69) is 32.7 Å². The summed E-state index contributed by atoms with van der Waals surface area (Å²) < 4.78 is 15.5. The third kappa shape index (κ3) is 2.76. The van der Waals surface area contributed by atoms with Crippen LogP contribution in [-0.2, 0) is 0 Å². The van der Waals surface area contributed by atoms with Crippen molar-refractivity contribution >= 4 is 18.8 Å². The highest BCUT2D eigenvalue weighted by molar-refractivity contribution is 7.81. The second kappa shape index (κ2) is 6.79. The first kappa shape index (κ1) is 16.1. The number of anilines is 1. The predicted octanol–water partition coefficient (Wildman–Crippen LogP) is 2.91. The van der Waals surface area contributed by atoms with E-state index in [0.717, 1.165) is 5.69 Å². The summed E-state index contributed by atoms with van der Waals surface area (Å²) in [7, 11) is 3.20. The smallest absolute Gasteiger partial charge is 0.239 e. The molecule has 0 spiro atoms. The Morgan fingerprint density at radius 2 is 1.67 bits per heavy atom. The zero-order valence-corrected chi connectivity index (χ0v) is 14.4. The lowest BCUT2D eigenvalue weighted by Gasteiger charge is -2.16. The quantitative estimate of drug-likeness (QED) is 0.694. The molecule has 124 valence electrons. The van der Waals surface area contributed by atoms with Crippen molar-refractivity contribution in [2.24, 2.45) is 0 Å². The van der Waals surface area contributed by atoms with E-state index in [1.807, 2.05) is 43.3 Å². The normalized spacial score (nSPS) is 10.5. The molecule has 1 N–H and O–H groups in total. The first-order valence-corrected chi connectivity index (χ1v) is 7.65. The molecule has 0 radical (unpaired) electrons. The van der Waals surface area contributed by atoms with Gasteiger partial charge in [0.15, 0.2) is 5.82 Å². The SMILES string of the molecule is COc1cccc(OC)c1-n1c(NS)nnc1-c1cccc(C)n1. The van der Waals surface area contributed by atoms with Crippen molar-refractivity contribution in [2.45, 2.75) is 6.92 Å². The van der Waals surface area contributed by atoms with Gasteiger partial charge in [-0.2, -0.15) is 0 Å². The highest BCUT2D eigenvalue weighted by Crippen LogP contribution is 2.37. The maximum absolute atomic E-state index is 5.50. The van der Waals surface area contributed by atoms with Gasteiger partial charge in [-0.1, -0.05) is 24.9 Å². The Kier molecular flexibility index (Phi) is 4.57. The Bertz CT molecular complexity index is 843. The molecule has 0 unspecified atom stereocenters. The number of nitrogens with zero attached hydrogens (tertiary/aromatic N) is 4. The van der Waals surface area contributed by atoms with Gasteiger partial charge in [0.1, 0.15) is 22.9 Å². The van der Waals surface area contributed by atoms with Crippen LogP contribution in [-0.4, -0.2) is 34.0 Å². The van der Waals surface area contributed by atoms with Gasteiger partial charge in [0.05, 0.1) is 14.2 Å². The van der Waals surface area contributed by atoms with Crippen LogP contribution in [0.1, 0.15) is 5.69 Å². The molecule has 8 heteroatoms. The average molecular weight is 343 g/mol. The lowest BCUT2D eigenvalue weighted by Crippen LogP contribution is -2.06. The number of methoxy groups -OCH3 is 2. The highest BCUT2D eigenvalue weighted by atomic mass is 32.1. The topological polar surface area (TPSA) is 74.1 Å². The number of hydrogen-bond donors (Lipinski definition) is 2. The summed E-state index contributed by atoms with van der Waals surface area (Å²) in [6.45, 7) is 1.92. The van der Waals surface area contributed by atoms with Gasteiger partial charge in [0.25, 0.3) is 0 Å². The van der Waals surface area contributed by atoms with Crippen molar-refractivity contribution in [2.75, 3.05) is 18.9 Å². The maximum atomic E-state index is 5.50. The van der Waals surface area contributed by atoms with Crippen LogP contribution < -0.4 is 14.2 Å². The zero-order chi connectivity index (χ0) is 17.1. The Morgan fingerprint density at radius 3 is 2.25 bits per heavy atom. The van der Waals surface area contributed by atoms with Gasteiger partial charge in [0, 0.05) is 5.69 Å². The molecule has 3 aromatic rings. The third-order valence-corrected chi connectivity index (χ3v) is 3.71. The van der Waals surface area contributed by atoms with E-state index in [1.165, 1.54) is 0 Å². The molecule has 0 bridgehead atoms. The lowest BCUT2D eigenvalue weighted by atomic mass is 10.2. The molecular formula is C16H17N5O2S. The Hall–Kier alpha value is -2.74. The molecule has 0 fully saturated rings. The Balaban J connectivity index is 2.31. The third-order valence-electron chi connectivity index (χ3n) is 3.51. The monoisotopic (exact) mass is 343 g/mol. The largest absolute Gasteiger partial charge is 0.494 e. The van der Waals surface area contributed by atoms with Gasteiger partial charge in [-0.05, 0) is 31.2 Å². The van der Waals surface area contributed by atoms with E-state index in [1.54, 1.807) is 18.8 Å². The average Bonchev–Trinajstić information content (AvgIpc) is 3.04. The van der Waals surface area contributed by atoms with Crippen LogP contribution in [0.25, 0.3) is 17.2 Å². The molecular weight excluding hydrogens is 326 g/mol. The first-order valence-electron chi connectivity index (χ1n) is 7.20. The summed E-state index contributed by atoms with van der Waals surface area (Å²) in [5, 5.41) is 8.40. The van der Waals surface area contributed by atoms with Gasteiger partial charge >= 0.3 is 0 Å². The standard InChI is InChI=1S/C16H17N5O2S/c1-10-6-4-7-11(17-10)15-18-19-16(20-24)21(15)14-12(22-2)8-5-9-13(14)23-3/h4-9,24H,1-3H3,(H,19,20). The molecule has 3 rings (SSSR count). The van der Waals surface area contributed by atoms with Crippen LogP contribution in [0, 0.1) is 6.92 Å². The highest BCUT2D eigenvalue weighted by Gasteiger charge is 2.22. The molecule has 2 aromatic heterocycles. The van der Waals surface area contributed by atoms with E-state index in [0.29, 0.717) is 34.7 Å². The minimum absolute atomic E-state index is 0.430. The number of hydrogen-bond acceptors (Lipinski definition) is 7. The fourth-order valence-electron chi connectivity index (χ4n) is 2.45. The molecule has 2 heterocycles. The number of nitrogens with one attached hydrogen (secondary N) is 1. The second-order valence-corrected chi connectivity index (χ2v) is 5.19. The molecule has 0 atom stereocenters. The zero-order valence-electron chi connectivity index (χ0n) is 13.5. The summed E-state index contributed by atoms with van der Waals surface area (Å²) >= 11 is 4.13. The van der Waals surface area contributed by atoms with E-state index >= 15 is 0 Å². The molecule has 0 aliphatic rings. The van der Waals surface area contributed by atoms with Crippen molar-refractivity contribution in [3.63, 3.8) is 0 Å². The van der Waals surface area contributed by atoms with Gasteiger partial charge < -0.3 is 14.2 Å². The van der Waals surface area contributed by atoms with Crippen LogP contribution in [0.15, 0.2) is 36.4 Å². The molecule has 0 aliphatic heterocycles. The van der Waals surface area contributed by atoms with Crippen molar-refractivity contribution in [1.29, 1.82) is 0 Å². The van der Waals surface area contributed by atoms with Crippen LogP contribution >= 0.6 is 12.8 Å². The van der Waals surface area contributed by atoms with E-state index in [4.69, 9.17) is 9.47 Å². The molecule has 24 heavy (non-hydrogen) atoms. The van der Waals surface area contributed by atoms with Crippen LogP contribution in [0.2, 0.25) is 0 Å². The minimum atomic E-state index is 0.430. The number of pyridine rings is 1. The summed E-state index contributed by atoms with van der Waals surface area (Å²) in [4.78, 5) is 4.53. The molecule has 0 amide bonds. The summed E-state index contributed by atoms with van der Waals surface area (Å²) in [5.41, 5.74) is 2.24. The number of aromatic nitrogens is 4. The molecule has 0 aliphatic carbocycles. The Morgan fingerprint density at radius 1 is 1.00 bits per heavy atom. The van der Waals surface area contributed by atoms with Crippen molar-refractivity contribution in [1.82, 2.24) is 19.7 Å². The number of ether oxygens (including phenoxy) is 2. The van der Waals surface area contributed by atoms with E-state index < -0.39 is 0 Å². The fraction of sp³-hybridized carbons (Fsp3) is 0.188. The fourth-order valence-corrected chi connectivity index (χ4v) is 2.60. The summed E-state index contributed by atoms with van der Waals surface area (Å²) in [5.74, 6) is 2.22. The summed E-state index contributed by atoms with van der Waals surface area (Å²) in [6, 6.07) is 11.2. The van der Waals surface area contributed by atoms with Crippen molar-refractivity contribution < 1.29 is 9.47 Å². The number of thiol groups is 1. The second-order valence-electron chi connectivity index (χ2n) is 4.97. The lowest BCUT2D eigenvalue weighted by molar-refractivity contribution is 0.391.